The van der Waals surface area contributed by atoms with Gasteiger partial charge in [-0.1, -0.05) is 25.1 Å². The molecule has 0 spiro atoms. The van der Waals surface area contributed by atoms with Crippen molar-refractivity contribution in [3.8, 4) is 0 Å². The topological polar surface area (TPSA) is 70.2 Å². The summed E-state index contributed by atoms with van der Waals surface area (Å²) in [7, 11) is -3.00. The zero-order chi connectivity index (χ0) is 17.3. The van der Waals surface area contributed by atoms with Crippen LogP contribution in [0.15, 0.2) is 24.3 Å². The van der Waals surface area contributed by atoms with Crippen molar-refractivity contribution in [3.63, 3.8) is 0 Å². The van der Waals surface area contributed by atoms with Gasteiger partial charge in [0.2, 0.25) is 5.91 Å². The average molecular weight is 348 g/mol. The van der Waals surface area contributed by atoms with E-state index < -0.39 is 9.84 Å². The lowest BCUT2D eigenvalue weighted by atomic mass is 10.1. The Morgan fingerprint density at radius 2 is 2.08 bits per heavy atom. The van der Waals surface area contributed by atoms with Crippen LogP contribution in [0.4, 0.5) is 0 Å². The van der Waals surface area contributed by atoms with E-state index in [1.807, 2.05) is 38.1 Å². The van der Waals surface area contributed by atoms with Gasteiger partial charge >= 0.3 is 0 Å². The summed E-state index contributed by atoms with van der Waals surface area (Å²) in [6, 6.07) is 7.79. The van der Waals surface area contributed by atoms with E-state index in [-0.39, 0.29) is 23.5 Å². The zero-order valence-electron chi connectivity index (χ0n) is 14.2. The number of H-pyrrole nitrogens is 1. The van der Waals surface area contributed by atoms with Gasteiger partial charge in [-0.25, -0.2) is 8.42 Å². The number of nitrogens with one attached hydrogen (secondary N) is 1. The molecule has 130 valence electrons. The summed E-state index contributed by atoms with van der Waals surface area (Å²) in [5.41, 5.74) is 3.04. The van der Waals surface area contributed by atoms with Crippen LogP contribution < -0.4 is 0 Å². The lowest BCUT2D eigenvalue weighted by Crippen LogP contribution is -2.42. The smallest absolute Gasteiger partial charge is 0.227 e. The first-order valence-corrected chi connectivity index (χ1v) is 10.3. The number of aryl methyl sites for hydroxylation is 1. The van der Waals surface area contributed by atoms with Crippen molar-refractivity contribution in [1.29, 1.82) is 0 Å². The number of aromatic nitrogens is 1. The third kappa shape index (κ3) is 3.34. The van der Waals surface area contributed by atoms with Gasteiger partial charge in [-0.05, 0) is 31.4 Å². The molecule has 1 N–H and O–H groups in total. The minimum absolute atomic E-state index is 0.0202. The van der Waals surface area contributed by atoms with Crippen molar-refractivity contribution in [2.75, 3.05) is 18.1 Å². The fourth-order valence-electron chi connectivity index (χ4n) is 3.59. The summed E-state index contributed by atoms with van der Waals surface area (Å²) in [6.45, 7) is 4.61. The maximum absolute atomic E-state index is 12.9. The molecule has 1 aromatic carbocycles. The van der Waals surface area contributed by atoms with Crippen molar-refractivity contribution in [3.05, 3.63) is 35.5 Å². The Hall–Kier alpha value is -1.82. The minimum Gasteiger partial charge on any atom is -0.358 e. The molecule has 1 aliphatic rings. The quantitative estimate of drug-likeness (QED) is 0.902. The Morgan fingerprint density at radius 1 is 1.33 bits per heavy atom. The van der Waals surface area contributed by atoms with Crippen LogP contribution in [-0.2, 0) is 21.1 Å². The summed E-state index contributed by atoms with van der Waals surface area (Å²) >= 11 is 0. The molecule has 0 saturated carbocycles. The molecule has 1 saturated heterocycles. The van der Waals surface area contributed by atoms with Crippen molar-refractivity contribution in [2.24, 2.45) is 0 Å². The van der Waals surface area contributed by atoms with Crippen molar-refractivity contribution in [2.45, 2.75) is 39.2 Å². The molecule has 1 aliphatic heterocycles. The van der Waals surface area contributed by atoms with Crippen molar-refractivity contribution >= 4 is 26.6 Å². The number of carbonyl (C=O) groups excluding carboxylic acids is 1. The number of carbonyl (C=O) groups is 1. The summed E-state index contributed by atoms with van der Waals surface area (Å²) in [6.07, 6.45) is 1.70. The molecule has 1 atom stereocenters. The first-order chi connectivity index (χ1) is 11.4. The number of hydrogen-bond acceptors (Lipinski definition) is 3. The number of sulfone groups is 1. The van der Waals surface area contributed by atoms with E-state index in [0.29, 0.717) is 19.4 Å². The van der Waals surface area contributed by atoms with E-state index in [4.69, 9.17) is 0 Å². The normalized spacial score (nSPS) is 19.7. The number of fused-ring (bicyclic) bond motifs is 1. The maximum Gasteiger partial charge on any atom is 0.227 e. The molecule has 24 heavy (non-hydrogen) atoms. The highest BCUT2D eigenvalue weighted by molar-refractivity contribution is 7.91. The largest absolute Gasteiger partial charge is 0.358 e. The molecule has 0 radical (unpaired) electrons. The molecule has 0 bridgehead atoms. The van der Waals surface area contributed by atoms with Crippen LogP contribution in [0.3, 0.4) is 0 Å². The van der Waals surface area contributed by atoms with E-state index in [0.717, 1.165) is 28.6 Å². The van der Waals surface area contributed by atoms with Gasteiger partial charge in [0.1, 0.15) is 0 Å². The molecule has 1 unspecified atom stereocenters. The first-order valence-electron chi connectivity index (χ1n) is 8.47. The number of benzene rings is 1. The Morgan fingerprint density at radius 3 is 2.75 bits per heavy atom. The second-order valence-electron chi connectivity index (χ2n) is 6.59. The van der Waals surface area contributed by atoms with Crippen molar-refractivity contribution in [1.82, 2.24) is 9.88 Å². The summed E-state index contributed by atoms with van der Waals surface area (Å²) in [5.74, 6) is 0.315. The van der Waals surface area contributed by atoms with Gasteiger partial charge in [-0.2, -0.15) is 0 Å². The second kappa shape index (κ2) is 6.59. The lowest BCUT2D eigenvalue weighted by Gasteiger charge is -2.28. The monoisotopic (exact) mass is 348 g/mol. The SMILES string of the molecule is CCCN(C(=O)Cc1c(C)[nH]c2ccccc12)C1CCS(=O)(=O)C1. The second-order valence-corrected chi connectivity index (χ2v) is 8.82. The summed E-state index contributed by atoms with van der Waals surface area (Å²) < 4.78 is 23.6. The van der Waals surface area contributed by atoms with Gasteiger partial charge < -0.3 is 9.88 Å². The number of para-hydroxylation sites is 1. The molecule has 1 aromatic heterocycles. The third-order valence-corrected chi connectivity index (χ3v) is 6.54. The standard InChI is InChI=1S/C18H24N2O3S/c1-3-9-20(14-8-10-24(22,23)12-14)18(21)11-16-13(2)19-17-7-5-4-6-15(16)17/h4-7,14,19H,3,8-12H2,1-2H3. The lowest BCUT2D eigenvalue weighted by molar-refractivity contribution is -0.132. The highest BCUT2D eigenvalue weighted by Crippen LogP contribution is 2.24. The molecule has 2 heterocycles. The Bertz CT molecular complexity index is 854. The van der Waals surface area contributed by atoms with Gasteiger partial charge in [-0.3, -0.25) is 4.79 Å². The van der Waals surface area contributed by atoms with E-state index in [9.17, 15) is 13.2 Å². The number of nitrogens with zero attached hydrogens (tertiary/aromatic N) is 1. The van der Waals surface area contributed by atoms with Gasteiger partial charge in [-0.15, -0.1) is 0 Å². The van der Waals surface area contributed by atoms with Crippen LogP contribution in [0.25, 0.3) is 10.9 Å². The van der Waals surface area contributed by atoms with Crippen LogP contribution in [0.1, 0.15) is 31.0 Å². The Balaban J connectivity index is 1.84. The van der Waals surface area contributed by atoms with Gasteiger partial charge in [0.15, 0.2) is 9.84 Å². The van der Waals surface area contributed by atoms with Gasteiger partial charge in [0.25, 0.3) is 0 Å². The highest BCUT2D eigenvalue weighted by Gasteiger charge is 2.34. The first kappa shape index (κ1) is 17.0. The number of hydrogen-bond donors (Lipinski definition) is 1. The average Bonchev–Trinajstić information content (AvgIpc) is 3.05. The fraction of sp³-hybridized carbons (Fsp3) is 0.500. The number of aromatic amines is 1. The molecular weight excluding hydrogens is 324 g/mol. The van der Waals surface area contributed by atoms with E-state index in [1.54, 1.807) is 4.90 Å². The molecule has 1 fully saturated rings. The maximum atomic E-state index is 12.9. The fourth-order valence-corrected chi connectivity index (χ4v) is 5.32. The van der Waals surface area contributed by atoms with E-state index in [1.165, 1.54) is 0 Å². The third-order valence-electron chi connectivity index (χ3n) is 4.79. The highest BCUT2D eigenvalue weighted by atomic mass is 32.2. The molecule has 6 heteroatoms. The molecule has 3 rings (SSSR count). The van der Waals surface area contributed by atoms with Crippen LogP contribution in [0.2, 0.25) is 0 Å². The summed E-state index contributed by atoms with van der Waals surface area (Å²) in [4.78, 5) is 18.0. The van der Waals surface area contributed by atoms with Gasteiger partial charge in [0, 0.05) is 29.2 Å². The van der Waals surface area contributed by atoms with Gasteiger partial charge in [0.05, 0.1) is 17.9 Å². The van der Waals surface area contributed by atoms with Crippen LogP contribution in [0.5, 0.6) is 0 Å². The Kier molecular flexibility index (Phi) is 4.67. The molecular formula is C18H24N2O3S. The van der Waals surface area contributed by atoms with Crippen LogP contribution >= 0.6 is 0 Å². The number of rotatable bonds is 5. The van der Waals surface area contributed by atoms with Crippen molar-refractivity contribution < 1.29 is 13.2 Å². The predicted octanol–water partition coefficient (Wildman–Crippen LogP) is 2.44. The van der Waals surface area contributed by atoms with E-state index >= 15 is 0 Å². The van der Waals surface area contributed by atoms with E-state index in [2.05, 4.69) is 4.98 Å². The molecule has 2 aromatic rings. The van der Waals surface area contributed by atoms with Crippen LogP contribution in [-0.4, -0.2) is 48.3 Å². The zero-order valence-corrected chi connectivity index (χ0v) is 15.0. The van der Waals surface area contributed by atoms with Crippen LogP contribution in [0, 0.1) is 6.92 Å². The summed E-state index contributed by atoms with van der Waals surface area (Å²) in [5, 5.41) is 1.07. The predicted molar refractivity (Wildman–Crippen MR) is 95.8 cm³/mol. The molecule has 1 amide bonds. The minimum atomic E-state index is -3.00. The number of amides is 1. The molecule has 5 nitrogen and oxygen atoms in total. The Labute approximate surface area is 143 Å². The molecule has 0 aliphatic carbocycles.